The fourth-order valence-corrected chi connectivity index (χ4v) is 4.07. The van der Waals surface area contributed by atoms with Crippen LogP contribution in [0.1, 0.15) is 21.5 Å². The molecule has 0 saturated heterocycles. The Morgan fingerprint density at radius 3 is 1.88 bits per heavy atom. The molecule has 26 heavy (non-hydrogen) atoms. The molecule has 0 spiro atoms. The molecule has 0 heterocycles. The summed E-state index contributed by atoms with van der Waals surface area (Å²) in [6.45, 7) is 3.63. The van der Waals surface area contributed by atoms with Gasteiger partial charge in [0.05, 0.1) is 9.79 Å². The number of nitrogens with one attached hydrogen (secondary N) is 1. The highest BCUT2D eigenvalue weighted by Gasteiger charge is 2.21. The van der Waals surface area contributed by atoms with Crippen LogP contribution >= 0.6 is 0 Å². The van der Waals surface area contributed by atoms with E-state index < -0.39 is 26.0 Å². The maximum Gasteiger partial charge on any atom is 0.264 e. The summed E-state index contributed by atoms with van der Waals surface area (Å²) in [5.74, 6) is -0.836. The second-order valence-electron chi connectivity index (χ2n) is 5.99. The van der Waals surface area contributed by atoms with E-state index >= 15 is 0 Å². The van der Waals surface area contributed by atoms with Crippen molar-refractivity contribution in [3.63, 3.8) is 0 Å². The van der Waals surface area contributed by atoms with Crippen LogP contribution in [0.4, 0.5) is 0 Å². The third kappa shape index (κ3) is 4.12. The number of nitrogens with zero attached hydrogens (tertiary/aromatic N) is 1. The Morgan fingerprint density at radius 2 is 1.38 bits per heavy atom. The molecule has 0 aliphatic heterocycles. The minimum atomic E-state index is -4.02. The summed E-state index contributed by atoms with van der Waals surface area (Å²) < 4.78 is 51.8. The van der Waals surface area contributed by atoms with E-state index in [9.17, 15) is 21.6 Å². The SMILES string of the molecule is Cc1ccc(S(=O)(=O)NC(=O)c2ccc(S(=O)(=O)N(C)C)cc2)cc1C. The normalized spacial score (nSPS) is 12.2. The van der Waals surface area contributed by atoms with Crippen LogP contribution in [0, 0.1) is 13.8 Å². The van der Waals surface area contributed by atoms with Crippen LogP contribution in [0.2, 0.25) is 0 Å². The van der Waals surface area contributed by atoms with Gasteiger partial charge in [0.15, 0.2) is 0 Å². The number of benzene rings is 2. The van der Waals surface area contributed by atoms with E-state index in [-0.39, 0.29) is 15.4 Å². The molecule has 0 aromatic heterocycles. The van der Waals surface area contributed by atoms with E-state index in [2.05, 4.69) is 0 Å². The van der Waals surface area contributed by atoms with Crippen molar-refractivity contribution >= 4 is 26.0 Å². The molecule has 0 bridgehead atoms. The summed E-state index contributed by atoms with van der Waals surface area (Å²) >= 11 is 0. The van der Waals surface area contributed by atoms with Gasteiger partial charge in [-0.25, -0.2) is 25.9 Å². The summed E-state index contributed by atoms with van der Waals surface area (Å²) in [5.41, 5.74) is 1.77. The fraction of sp³-hybridized carbons (Fsp3) is 0.235. The van der Waals surface area contributed by atoms with Gasteiger partial charge >= 0.3 is 0 Å². The summed E-state index contributed by atoms with van der Waals surface area (Å²) in [6, 6.07) is 9.61. The highest BCUT2D eigenvalue weighted by molar-refractivity contribution is 7.90. The molecule has 0 unspecified atom stereocenters. The van der Waals surface area contributed by atoms with Gasteiger partial charge in [-0.2, -0.15) is 0 Å². The van der Waals surface area contributed by atoms with Crippen molar-refractivity contribution in [3.05, 3.63) is 59.2 Å². The second kappa shape index (κ2) is 7.18. The number of rotatable bonds is 5. The fourth-order valence-electron chi connectivity index (χ4n) is 2.11. The summed E-state index contributed by atoms with van der Waals surface area (Å²) in [4.78, 5) is 12.2. The van der Waals surface area contributed by atoms with E-state index in [1.54, 1.807) is 13.0 Å². The molecule has 0 atom stereocenters. The molecule has 0 aliphatic rings. The van der Waals surface area contributed by atoms with Crippen molar-refractivity contribution < 1.29 is 21.6 Å². The molecule has 7 nitrogen and oxygen atoms in total. The molecule has 0 fully saturated rings. The number of carbonyl (C=O) groups excluding carboxylic acids is 1. The molecule has 0 saturated carbocycles. The number of hydrogen-bond acceptors (Lipinski definition) is 5. The first-order chi connectivity index (χ1) is 11.9. The Hall–Kier alpha value is -2.23. The summed E-state index contributed by atoms with van der Waals surface area (Å²) in [7, 11) is -4.86. The summed E-state index contributed by atoms with van der Waals surface area (Å²) in [6.07, 6.45) is 0. The van der Waals surface area contributed by atoms with E-state index in [1.165, 1.54) is 50.5 Å². The molecule has 140 valence electrons. The maximum atomic E-state index is 12.4. The van der Waals surface area contributed by atoms with Gasteiger partial charge in [0.1, 0.15) is 0 Å². The lowest BCUT2D eigenvalue weighted by atomic mass is 10.1. The molecule has 1 N–H and O–H groups in total. The van der Waals surface area contributed by atoms with Crippen LogP contribution in [-0.4, -0.2) is 41.1 Å². The topological polar surface area (TPSA) is 101 Å². The third-order valence-corrected chi connectivity index (χ3v) is 7.07. The predicted molar refractivity (Wildman–Crippen MR) is 97.9 cm³/mol. The molecule has 2 aromatic carbocycles. The average molecular weight is 396 g/mol. The van der Waals surface area contributed by atoms with Crippen molar-refractivity contribution in [1.29, 1.82) is 0 Å². The van der Waals surface area contributed by atoms with Gasteiger partial charge in [0, 0.05) is 19.7 Å². The van der Waals surface area contributed by atoms with Gasteiger partial charge in [-0.3, -0.25) is 4.79 Å². The average Bonchev–Trinajstić information content (AvgIpc) is 2.56. The third-order valence-electron chi connectivity index (χ3n) is 3.91. The quantitative estimate of drug-likeness (QED) is 0.829. The van der Waals surface area contributed by atoms with Crippen LogP contribution in [0.25, 0.3) is 0 Å². The number of amides is 1. The molecule has 2 rings (SSSR count). The Morgan fingerprint density at radius 1 is 0.846 bits per heavy atom. The Balaban J connectivity index is 2.25. The second-order valence-corrected chi connectivity index (χ2v) is 9.83. The van der Waals surface area contributed by atoms with E-state index in [0.717, 1.165) is 15.4 Å². The lowest BCUT2D eigenvalue weighted by molar-refractivity contribution is 0.0981. The largest absolute Gasteiger partial charge is 0.268 e. The lowest BCUT2D eigenvalue weighted by Gasteiger charge is -2.12. The smallest absolute Gasteiger partial charge is 0.264 e. The van der Waals surface area contributed by atoms with Crippen LogP contribution in [-0.2, 0) is 20.0 Å². The maximum absolute atomic E-state index is 12.4. The van der Waals surface area contributed by atoms with E-state index in [1.807, 2.05) is 11.6 Å². The van der Waals surface area contributed by atoms with Crippen molar-refractivity contribution in [3.8, 4) is 0 Å². The van der Waals surface area contributed by atoms with Gasteiger partial charge < -0.3 is 0 Å². The van der Waals surface area contributed by atoms with Gasteiger partial charge in [-0.05, 0) is 61.4 Å². The molecule has 0 radical (unpaired) electrons. The molecule has 0 aliphatic carbocycles. The van der Waals surface area contributed by atoms with E-state index in [4.69, 9.17) is 0 Å². The van der Waals surface area contributed by atoms with Crippen molar-refractivity contribution in [2.45, 2.75) is 23.6 Å². The first-order valence-electron chi connectivity index (χ1n) is 7.62. The first kappa shape index (κ1) is 20.1. The Bertz CT molecular complexity index is 1040. The first-order valence-corrected chi connectivity index (χ1v) is 10.5. The molecular formula is C17H20N2O5S2. The number of hydrogen-bond donors (Lipinski definition) is 1. The highest BCUT2D eigenvalue weighted by atomic mass is 32.2. The number of sulfonamides is 2. The van der Waals surface area contributed by atoms with Crippen molar-refractivity contribution in [1.82, 2.24) is 9.03 Å². The zero-order valence-electron chi connectivity index (χ0n) is 14.8. The van der Waals surface area contributed by atoms with Gasteiger partial charge in [0.25, 0.3) is 15.9 Å². The van der Waals surface area contributed by atoms with Crippen molar-refractivity contribution in [2.75, 3.05) is 14.1 Å². The van der Waals surface area contributed by atoms with Crippen LogP contribution in [0.3, 0.4) is 0 Å². The van der Waals surface area contributed by atoms with Crippen LogP contribution < -0.4 is 4.72 Å². The van der Waals surface area contributed by atoms with Crippen molar-refractivity contribution in [2.24, 2.45) is 0 Å². The number of carbonyl (C=O) groups is 1. The Labute approximate surface area is 153 Å². The minimum absolute atomic E-state index is 0.0102. The standard InChI is InChI=1S/C17H20N2O5S2/c1-12-5-8-16(11-13(12)2)25(21,22)18-17(20)14-6-9-15(10-7-14)26(23,24)19(3)4/h5-11H,1-4H3,(H,18,20). The zero-order chi connectivity index (χ0) is 19.7. The van der Waals surface area contributed by atoms with Gasteiger partial charge in [-0.1, -0.05) is 6.07 Å². The molecular weight excluding hydrogens is 376 g/mol. The molecule has 1 amide bonds. The molecule has 2 aromatic rings. The predicted octanol–water partition coefficient (Wildman–Crippen LogP) is 1.67. The minimum Gasteiger partial charge on any atom is -0.268 e. The van der Waals surface area contributed by atoms with Crippen LogP contribution in [0.15, 0.2) is 52.3 Å². The van der Waals surface area contributed by atoms with Crippen LogP contribution in [0.5, 0.6) is 0 Å². The van der Waals surface area contributed by atoms with Gasteiger partial charge in [0.2, 0.25) is 10.0 Å². The number of aryl methyl sites for hydroxylation is 2. The lowest BCUT2D eigenvalue weighted by Crippen LogP contribution is -2.30. The van der Waals surface area contributed by atoms with Gasteiger partial charge in [-0.15, -0.1) is 0 Å². The highest BCUT2D eigenvalue weighted by Crippen LogP contribution is 2.17. The molecule has 9 heteroatoms. The zero-order valence-corrected chi connectivity index (χ0v) is 16.5. The van der Waals surface area contributed by atoms with E-state index in [0.29, 0.717) is 0 Å². The summed E-state index contributed by atoms with van der Waals surface area (Å²) in [5, 5.41) is 0. The monoisotopic (exact) mass is 396 g/mol. The Kier molecular flexibility index (Phi) is 5.55.